The van der Waals surface area contributed by atoms with Crippen LogP contribution >= 0.6 is 0 Å². The number of nitrogens with zero attached hydrogens (tertiary/aromatic N) is 2. The second-order valence-corrected chi connectivity index (χ2v) is 7.93. The number of hydrogen-bond donors (Lipinski definition) is 2. The molecule has 0 fully saturated rings. The lowest BCUT2D eigenvalue weighted by molar-refractivity contribution is -0.136. The van der Waals surface area contributed by atoms with E-state index in [-0.39, 0.29) is 12.4 Å². The number of aromatic nitrogens is 1. The topological polar surface area (TPSA) is 74.6 Å². The number of pyridine rings is 1. The SMILES string of the molecule is O=C(O)C1C=NCc2c(-c3ccc(/C=C/c4ccc(F)cc4)cc3)nc3ccc(F)cc3c2N1. The van der Waals surface area contributed by atoms with Crippen molar-refractivity contribution in [2.24, 2.45) is 4.99 Å². The molecule has 2 N–H and O–H groups in total. The van der Waals surface area contributed by atoms with Crippen LogP contribution in [-0.4, -0.2) is 28.3 Å². The average Bonchev–Trinajstić information content (AvgIpc) is 3.07. The first kappa shape index (κ1) is 21.5. The largest absolute Gasteiger partial charge is 0.479 e. The molecule has 0 saturated carbocycles. The Morgan fingerprint density at radius 1 is 0.941 bits per heavy atom. The van der Waals surface area contributed by atoms with Gasteiger partial charge in [0, 0.05) is 22.7 Å². The van der Waals surface area contributed by atoms with Gasteiger partial charge in [-0.2, -0.15) is 0 Å². The van der Waals surface area contributed by atoms with Gasteiger partial charge in [0.15, 0.2) is 6.04 Å². The van der Waals surface area contributed by atoms with Gasteiger partial charge in [-0.1, -0.05) is 48.6 Å². The van der Waals surface area contributed by atoms with Crippen LogP contribution in [0.15, 0.2) is 71.7 Å². The van der Waals surface area contributed by atoms with Crippen LogP contribution < -0.4 is 5.32 Å². The zero-order valence-corrected chi connectivity index (χ0v) is 17.9. The first-order valence-electron chi connectivity index (χ1n) is 10.6. The highest BCUT2D eigenvalue weighted by Crippen LogP contribution is 2.36. The lowest BCUT2D eigenvalue weighted by Crippen LogP contribution is -2.30. The number of halogens is 2. The van der Waals surface area contributed by atoms with Crippen LogP contribution in [0.25, 0.3) is 34.3 Å². The van der Waals surface area contributed by atoms with Crippen molar-refractivity contribution in [3.63, 3.8) is 0 Å². The van der Waals surface area contributed by atoms with Crippen LogP contribution in [0, 0.1) is 11.6 Å². The van der Waals surface area contributed by atoms with E-state index in [2.05, 4.69) is 10.3 Å². The summed E-state index contributed by atoms with van der Waals surface area (Å²) in [4.78, 5) is 20.7. The smallest absolute Gasteiger partial charge is 0.331 e. The summed E-state index contributed by atoms with van der Waals surface area (Å²) in [6.07, 6.45) is 5.17. The van der Waals surface area contributed by atoms with E-state index in [1.807, 2.05) is 36.4 Å². The van der Waals surface area contributed by atoms with Crippen LogP contribution in [0.5, 0.6) is 0 Å². The lowest BCUT2D eigenvalue weighted by atomic mass is 9.99. The number of aliphatic carboxylic acids is 1. The third kappa shape index (κ3) is 4.28. The van der Waals surface area contributed by atoms with Crippen molar-refractivity contribution in [1.29, 1.82) is 0 Å². The van der Waals surface area contributed by atoms with Gasteiger partial charge in [0.25, 0.3) is 0 Å². The molecule has 0 saturated heterocycles. The molecule has 4 aromatic rings. The number of hydrogen-bond acceptors (Lipinski definition) is 4. The van der Waals surface area contributed by atoms with Gasteiger partial charge in [-0.25, -0.2) is 18.6 Å². The normalized spacial score (nSPS) is 15.2. The maximum atomic E-state index is 14.0. The van der Waals surface area contributed by atoms with Gasteiger partial charge in [0.2, 0.25) is 0 Å². The van der Waals surface area contributed by atoms with Gasteiger partial charge in [0.05, 0.1) is 23.4 Å². The molecule has 3 aromatic carbocycles. The number of carbonyl (C=O) groups is 1. The molecule has 5 nitrogen and oxygen atoms in total. The molecular formula is C27H19F2N3O2. The molecule has 34 heavy (non-hydrogen) atoms. The van der Waals surface area contributed by atoms with Gasteiger partial charge in [-0.05, 0) is 41.5 Å². The summed E-state index contributed by atoms with van der Waals surface area (Å²) in [6.45, 7) is 0.215. The predicted molar refractivity (Wildman–Crippen MR) is 130 cm³/mol. The standard InChI is InChI=1S/C27H19F2N3O2/c28-19-9-5-17(6-10-19)2-1-16-3-7-18(8-4-16)25-22-14-30-15-24(27(33)34)32-26(22)21-13-20(29)11-12-23(21)31-25/h1-13,15,24,32H,14H2,(H,33,34)/b2-1+. The van der Waals surface area contributed by atoms with E-state index in [1.54, 1.807) is 18.2 Å². The number of anilines is 1. The molecule has 0 radical (unpaired) electrons. The predicted octanol–water partition coefficient (Wildman–Crippen LogP) is 5.80. The Balaban J connectivity index is 1.55. The van der Waals surface area contributed by atoms with Gasteiger partial charge >= 0.3 is 5.97 Å². The zero-order chi connectivity index (χ0) is 23.7. The first-order valence-corrected chi connectivity index (χ1v) is 10.6. The molecule has 0 spiro atoms. The number of carboxylic acid groups (broad SMARTS) is 1. The Morgan fingerprint density at radius 3 is 2.26 bits per heavy atom. The molecule has 1 unspecified atom stereocenters. The van der Waals surface area contributed by atoms with Gasteiger partial charge in [-0.3, -0.25) is 4.99 Å². The van der Waals surface area contributed by atoms with Crippen LogP contribution in [0.3, 0.4) is 0 Å². The van der Waals surface area contributed by atoms with E-state index >= 15 is 0 Å². The molecule has 1 aromatic heterocycles. The van der Waals surface area contributed by atoms with Crippen LogP contribution in [0.1, 0.15) is 16.7 Å². The first-order chi connectivity index (χ1) is 16.5. The van der Waals surface area contributed by atoms with E-state index in [0.29, 0.717) is 27.8 Å². The Hall–Kier alpha value is -4.39. The van der Waals surface area contributed by atoms with Crippen molar-refractivity contribution in [2.75, 3.05) is 5.32 Å². The highest BCUT2D eigenvalue weighted by molar-refractivity contribution is 6.03. The Bertz CT molecular complexity index is 1450. The Morgan fingerprint density at radius 2 is 1.59 bits per heavy atom. The minimum Gasteiger partial charge on any atom is -0.479 e. The second-order valence-electron chi connectivity index (χ2n) is 7.93. The number of rotatable bonds is 4. The van der Waals surface area contributed by atoms with Crippen molar-refractivity contribution in [3.8, 4) is 11.3 Å². The molecule has 0 amide bonds. The number of fused-ring (bicyclic) bond motifs is 3. The Labute approximate surface area is 194 Å². The third-order valence-electron chi connectivity index (χ3n) is 5.64. The maximum Gasteiger partial charge on any atom is 0.331 e. The fourth-order valence-electron chi connectivity index (χ4n) is 3.92. The molecule has 0 aliphatic carbocycles. The average molecular weight is 455 g/mol. The summed E-state index contributed by atoms with van der Waals surface area (Å²) >= 11 is 0. The summed E-state index contributed by atoms with van der Waals surface area (Å²) < 4.78 is 27.1. The van der Waals surface area contributed by atoms with Gasteiger partial charge < -0.3 is 10.4 Å². The quantitative estimate of drug-likeness (QED) is 0.382. The van der Waals surface area contributed by atoms with E-state index in [1.165, 1.54) is 30.5 Å². The molecule has 1 atom stereocenters. The number of benzene rings is 3. The molecule has 1 aliphatic rings. The number of aliphatic imine (C=N–C) groups is 1. The van der Waals surface area contributed by atoms with Crippen molar-refractivity contribution >= 4 is 40.9 Å². The molecule has 5 rings (SSSR count). The number of carboxylic acids is 1. The molecular weight excluding hydrogens is 436 g/mol. The van der Waals surface area contributed by atoms with Crippen LogP contribution in [0.2, 0.25) is 0 Å². The fourth-order valence-corrected chi connectivity index (χ4v) is 3.92. The highest BCUT2D eigenvalue weighted by Gasteiger charge is 2.24. The fraction of sp³-hybridized carbons (Fsp3) is 0.0741. The summed E-state index contributed by atoms with van der Waals surface area (Å²) in [7, 11) is 0. The van der Waals surface area contributed by atoms with Gasteiger partial charge in [-0.15, -0.1) is 0 Å². The van der Waals surface area contributed by atoms with Gasteiger partial charge in [0.1, 0.15) is 11.6 Å². The van der Waals surface area contributed by atoms with E-state index < -0.39 is 17.8 Å². The molecule has 1 aliphatic heterocycles. The van der Waals surface area contributed by atoms with E-state index in [9.17, 15) is 18.7 Å². The number of nitrogens with one attached hydrogen (secondary N) is 1. The van der Waals surface area contributed by atoms with Crippen molar-refractivity contribution in [1.82, 2.24) is 4.98 Å². The Kier molecular flexibility index (Phi) is 5.59. The molecule has 7 heteroatoms. The van der Waals surface area contributed by atoms with Crippen molar-refractivity contribution in [3.05, 3.63) is 95.1 Å². The summed E-state index contributed by atoms with van der Waals surface area (Å²) in [6, 6.07) is 17.2. The van der Waals surface area contributed by atoms with Crippen LogP contribution in [0.4, 0.5) is 14.5 Å². The van der Waals surface area contributed by atoms with Crippen molar-refractivity contribution in [2.45, 2.75) is 12.6 Å². The highest BCUT2D eigenvalue weighted by atomic mass is 19.1. The molecule has 2 heterocycles. The monoisotopic (exact) mass is 455 g/mol. The summed E-state index contributed by atoms with van der Waals surface area (Å²) in [5.74, 6) is -1.78. The molecule has 168 valence electrons. The summed E-state index contributed by atoms with van der Waals surface area (Å²) in [5.41, 5.74) is 5.08. The minimum absolute atomic E-state index is 0.215. The lowest BCUT2D eigenvalue weighted by Gasteiger charge is -2.18. The maximum absolute atomic E-state index is 14.0. The zero-order valence-electron chi connectivity index (χ0n) is 17.9. The van der Waals surface area contributed by atoms with Crippen molar-refractivity contribution < 1.29 is 18.7 Å². The van der Waals surface area contributed by atoms with Crippen LogP contribution in [-0.2, 0) is 11.3 Å². The second kappa shape index (κ2) is 8.86. The third-order valence-corrected chi connectivity index (χ3v) is 5.64. The minimum atomic E-state index is -1.07. The summed E-state index contributed by atoms with van der Waals surface area (Å²) in [5, 5.41) is 13.0. The van der Waals surface area contributed by atoms with E-state index in [0.717, 1.165) is 16.7 Å². The van der Waals surface area contributed by atoms with E-state index in [4.69, 9.17) is 4.98 Å². The molecule has 0 bridgehead atoms.